The quantitative estimate of drug-likeness (QED) is 0.515. The minimum atomic E-state index is -0.147. The summed E-state index contributed by atoms with van der Waals surface area (Å²) in [5.41, 5.74) is 1.14. The van der Waals surface area contributed by atoms with E-state index in [1.165, 1.54) is 16.2 Å². The molecular formula is C20H29N3O3S. The average Bonchev–Trinajstić information content (AvgIpc) is 3.27. The maximum atomic E-state index is 13.1. The first kappa shape index (κ1) is 20.0. The summed E-state index contributed by atoms with van der Waals surface area (Å²) in [6, 6.07) is 3.85. The van der Waals surface area contributed by atoms with E-state index in [1.54, 1.807) is 0 Å². The van der Waals surface area contributed by atoms with Crippen LogP contribution in [-0.4, -0.2) is 77.5 Å². The molecule has 27 heavy (non-hydrogen) atoms. The van der Waals surface area contributed by atoms with Crippen LogP contribution in [-0.2, 0) is 9.59 Å². The van der Waals surface area contributed by atoms with Crippen LogP contribution >= 0.6 is 11.3 Å². The first-order valence-electron chi connectivity index (χ1n) is 9.89. The number of hydrogen-bond donors (Lipinski definition) is 1. The highest BCUT2D eigenvalue weighted by Gasteiger charge is 2.42. The van der Waals surface area contributed by atoms with E-state index in [1.807, 2.05) is 17.5 Å². The van der Waals surface area contributed by atoms with Crippen molar-refractivity contribution in [2.75, 3.05) is 45.9 Å². The van der Waals surface area contributed by atoms with Crippen molar-refractivity contribution in [2.24, 2.45) is 0 Å². The molecule has 1 aromatic rings. The molecule has 2 amide bonds. The number of aliphatic hydroxyl groups is 1. The van der Waals surface area contributed by atoms with Gasteiger partial charge in [0.25, 0.3) is 11.8 Å². The van der Waals surface area contributed by atoms with Crippen LogP contribution in [0.15, 0.2) is 23.2 Å². The van der Waals surface area contributed by atoms with Crippen LogP contribution in [0.2, 0.25) is 0 Å². The fourth-order valence-corrected chi connectivity index (χ4v) is 4.50. The molecule has 3 heterocycles. The van der Waals surface area contributed by atoms with Crippen LogP contribution in [0.5, 0.6) is 0 Å². The zero-order valence-corrected chi connectivity index (χ0v) is 16.8. The van der Waals surface area contributed by atoms with Crippen LogP contribution in [0.4, 0.5) is 0 Å². The molecule has 0 aromatic carbocycles. The van der Waals surface area contributed by atoms with E-state index in [4.69, 9.17) is 5.11 Å². The molecule has 0 atom stereocenters. The Bertz CT molecular complexity index is 679. The maximum absolute atomic E-state index is 13.1. The van der Waals surface area contributed by atoms with E-state index in [-0.39, 0.29) is 18.4 Å². The van der Waals surface area contributed by atoms with E-state index >= 15 is 0 Å². The minimum absolute atomic E-state index is 0.143. The van der Waals surface area contributed by atoms with Gasteiger partial charge in [-0.3, -0.25) is 19.4 Å². The standard InChI is InChI=1S/C20H29N3O3S/c1-2-3-4-5-8-23-19(25)17(16-7-6-15-27-16)18(20(23)26)22-11-9-21(10-12-22)13-14-24/h6-7,15,24H,2-5,8-14H2,1H3. The van der Waals surface area contributed by atoms with E-state index in [0.717, 1.165) is 43.6 Å². The number of rotatable bonds is 9. The lowest BCUT2D eigenvalue weighted by Crippen LogP contribution is -2.48. The SMILES string of the molecule is CCCCCCN1C(=O)C(c2cccs2)=C(N2CCN(CCO)CC2)C1=O. The summed E-state index contributed by atoms with van der Waals surface area (Å²) in [6.07, 6.45) is 4.16. The monoisotopic (exact) mass is 391 g/mol. The lowest BCUT2D eigenvalue weighted by molar-refractivity contribution is -0.137. The second kappa shape index (κ2) is 9.48. The highest BCUT2D eigenvalue weighted by atomic mass is 32.1. The normalized spacial score (nSPS) is 18.9. The number of carbonyl (C=O) groups is 2. The van der Waals surface area contributed by atoms with Gasteiger partial charge in [-0.25, -0.2) is 0 Å². The van der Waals surface area contributed by atoms with Gasteiger partial charge in [0.2, 0.25) is 0 Å². The van der Waals surface area contributed by atoms with Gasteiger partial charge in [0, 0.05) is 44.1 Å². The van der Waals surface area contributed by atoms with Crippen LogP contribution in [0.3, 0.4) is 0 Å². The molecule has 1 N–H and O–H groups in total. The second-order valence-corrected chi connectivity index (χ2v) is 8.02. The number of thiophene rings is 1. The predicted molar refractivity (Wildman–Crippen MR) is 107 cm³/mol. The summed E-state index contributed by atoms with van der Waals surface area (Å²) in [5, 5.41) is 11.1. The molecule has 2 aliphatic heterocycles. The number of carbonyl (C=O) groups excluding carboxylic acids is 2. The van der Waals surface area contributed by atoms with Gasteiger partial charge in [0.15, 0.2) is 0 Å². The Hall–Kier alpha value is -1.70. The molecule has 0 spiro atoms. The molecule has 6 nitrogen and oxygen atoms in total. The number of piperazine rings is 1. The van der Waals surface area contributed by atoms with Gasteiger partial charge in [0.05, 0.1) is 12.2 Å². The Balaban J connectivity index is 1.79. The van der Waals surface area contributed by atoms with E-state index in [0.29, 0.717) is 37.4 Å². The Morgan fingerprint density at radius 2 is 1.81 bits per heavy atom. The second-order valence-electron chi connectivity index (χ2n) is 7.08. The highest BCUT2D eigenvalue weighted by molar-refractivity contribution is 7.11. The van der Waals surface area contributed by atoms with Gasteiger partial charge >= 0.3 is 0 Å². The molecule has 1 aromatic heterocycles. The average molecular weight is 392 g/mol. The summed E-state index contributed by atoms with van der Waals surface area (Å²) >= 11 is 1.51. The Morgan fingerprint density at radius 1 is 1.04 bits per heavy atom. The van der Waals surface area contributed by atoms with E-state index in [2.05, 4.69) is 16.7 Å². The van der Waals surface area contributed by atoms with Crippen molar-refractivity contribution >= 4 is 28.7 Å². The Morgan fingerprint density at radius 3 is 2.44 bits per heavy atom. The van der Waals surface area contributed by atoms with E-state index in [9.17, 15) is 9.59 Å². The molecule has 1 saturated heterocycles. The summed E-state index contributed by atoms with van der Waals surface area (Å²) < 4.78 is 0. The van der Waals surface area contributed by atoms with Gasteiger partial charge in [-0.15, -0.1) is 11.3 Å². The van der Waals surface area contributed by atoms with Crippen molar-refractivity contribution in [1.82, 2.24) is 14.7 Å². The summed E-state index contributed by atoms with van der Waals surface area (Å²) in [5.74, 6) is -0.290. The largest absolute Gasteiger partial charge is 0.395 e. The van der Waals surface area contributed by atoms with Crippen molar-refractivity contribution in [2.45, 2.75) is 32.6 Å². The molecule has 148 valence electrons. The van der Waals surface area contributed by atoms with Gasteiger partial charge in [-0.2, -0.15) is 0 Å². The summed E-state index contributed by atoms with van der Waals surface area (Å²) in [7, 11) is 0. The molecule has 0 bridgehead atoms. The lowest BCUT2D eigenvalue weighted by atomic mass is 10.1. The molecule has 0 unspecified atom stereocenters. The molecule has 1 fully saturated rings. The molecular weight excluding hydrogens is 362 g/mol. The number of β-amino-alcohol motifs (C(OH)–C–C–N with tert-alkyl or cyclic N) is 1. The van der Waals surface area contributed by atoms with Crippen molar-refractivity contribution in [1.29, 1.82) is 0 Å². The topological polar surface area (TPSA) is 64.1 Å². The van der Waals surface area contributed by atoms with Crippen LogP contribution in [0.1, 0.15) is 37.5 Å². The molecule has 3 rings (SSSR count). The van der Waals surface area contributed by atoms with Crippen molar-refractivity contribution < 1.29 is 14.7 Å². The molecule has 2 aliphatic rings. The number of aliphatic hydroxyl groups excluding tert-OH is 1. The predicted octanol–water partition coefficient (Wildman–Crippen LogP) is 2.02. The van der Waals surface area contributed by atoms with Crippen LogP contribution in [0.25, 0.3) is 5.57 Å². The minimum Gasteiger partial charge on any atom is -0.395 e. The van der Waals surface area contributed by atoms with Gasteiger partial charge in [-0.1, -0.05) is 32.3 Å². The van der Waals surface area contributed by atoms with Crippen molar-refractivity contribution in [3.8, 4) is 0 Å². The molecule has 7 heteroatoms. The van der Waals surface area contributed by atoms with Crippen molar-refractivity contribution in [3.05, 3.63) is 28.1 Å². The van der Waals surface area contributed by atoms with Crippen molar-refractivity contribution in [3.63, 3.8) is 0 Å². The van der Waals surface area contributed by atoms with E-state index < -0.39 is 0 Å². The molecule has 0 aliphatic carbocycles. The smallest absolute Gasteiger partial charge is 0.277 e. The van der Waals surface area contributed by atoms with Crippen LogP contribution in [0, 0.1) is 0 Å². The highest BCUT2D eigenvalue weighted by Crippen LogP contribution is 2.34. The maximum Gasteiger partial charge on any atom is 0.277 e. The third kappa shape index (κ3) is 4.42. The molecule has 0 radical (unpaired) electrons. The molecule has 0 saturated carbocycles. The number of nitrogens with zero attached hydrogens (tertiary/aromatic N) is 3. The zero-order valence-electron chi connectivity index (χ0n) is 16.0. The first-order valence-corrected chi connectivity index (χ1v) is 10.8. The Labute approximate surface area is 165 Å². The van der Waals surface area contributed by atoms with Crippen LogP contribution < -0.4 is 0 Å². The number of hydrogen-bond acceptors (Lipinski definition) is 6. The summed E-state index contributed by atoms with van der Waals surface area (Å²) in [6.45, 7) is 6.43. The number of unbranched alkanes of at least 4 members (excludes halogenated alkanes) is 3. The fraction of sp³-hybridized carbons (Fsp3) is 0.600. The fourth-order valence-electron chi connectivity index (χ4n) is 3.74. The van der Waals surface area contributed by atoms with Gasteiger partial charge in [-0.05, 0) is 17.9 Å². The number of amides is 2. The van der Waals surface area contributed by atoms with Gasteiger partial charge in [0.1, 0.15) is 5.70 Å². The summed E-state index contributed by atoms with van der Waals surface area (Å²) in [4.78, 5) is 32.8. The first-order chi connectivity index (χ1) is 13.2. The van der Waals surface area contributed by atoms with Gasteiger partial charge < -0.3 is 10.0 Å². The zero-order chi connectivity index (χ0) is 19.2. The third-order valence-corrected chi connectivity index (χ3v) is 6.14. The third-order valence-electron chi connectivity index (χ3n) is 5.25. The Kier molecular flexibility index (Phi) is 7.04. The number of imide groups is 1. The lowest BCUT2D eigenvalue weighted by Gasteiger charge is -2.36.